The van der Waals surface area contributed by atoms with Crippen molar-refractivity contribution in [1.82, 2.24) is 10.1 Å². The van der Waals surface area contributed by atoms with Gasteiger partial charge in [0.2, 0.25) is 5.89 Å². The maximum atomic E-state index is 11.5. The summed E-state index contributed by atoms with van der Waals surface area (Å²) in [5.74, 6) is 0.842. The highest BCUT2D eigenvalue weighted by Crippen LogP contribution is 2.19. The van der Waals surface area contributed by atoms with Crippen LogP contribution in [0.3, 0.4) is 0 Å². The Bertz CT molecular complexity index is 575. The molecule has 0 spiro atoms. The molecule has 2 aromatic rings. The molecule has 0 saturated carbocycles. The van der Waals surface area contributed by atoms with E-state index in [9.17, 15) is 4.79 Å². The summed E-state index contributed by atoms with van der Waals surface area (Å²) in [4.78, 5) is 15.8. The van der Waals surface area contributed by atoms with E-state index in [0.29, 0.717) is 24.6 Å². The first-order valence-electron chi connectivity index (χ1n) is 6.49. The quantitative estimate of drug-likeness (QED) is 0.827. The monoisotopic (exact) mass is 258 g/mol. The Morgan fingerprint density at radius 3 is 2.74 bits per heavy atom. The number of hydrogen-bond acceptors (Lipinski definition) is 4. The van der Waals surface area contributed by atoms with Crippen LogP contribution in [0.5, 0.6) is 0 Å². The summed E-state index contributed by atoms with van der Waals surface area (Å²) in [5.41, 5.74) is 2.37. The minimum Gasteiger partial charge on any atom is -0.339 e. The number of benzene rings is 1. The molecule has 1 unspecified atom stereocenters. The summed E-state index contributed by atoms with van der Waals surface area (Å²) in [7, 11) is 0. The fourth-order valence-electron chi connectivity index (χ4n) is 2.10. The lowest BCUT2D eigenvalue weighted by molar-refractivity contribution is -0.119. The molecule has 1 aromatic heterocycles. The fourth-order valence-corrected chi connectivity index (χ4v) is 2.10. The minimum absolute atomic E-state index is 0.0635. The van der Waals surface area contributed by atoms with Crippen LogP contribution in [0.1, 0.15) is 49.0 Å². The number of rotatable bonds is 5. The lowest BCUT2D eigenvalue weighted by Gasteiger charge is -2.03. The molecule has 0 radical (unpaired) electrons. The molecule has 1 atom stereocenters. The average Bonchev–Trinajstić information content (AvgIpc) is 2.81. The van der Waals surface area contributed by atoms with Crippen molar-refractivity contribution in [2.24, 2.45) is 0 Å². The molecule has 0 saturated heterocycles. The Kier molecular flexibility index (Phi) is 4.10. The Balaban J connectivity index is 2.18. The predicted molar refractivity (Wildman–Crippen MR) is 72.0 cm³/mol. The zero-order chi connectivity index (χ0) is 13.8. The summed E-state index contributed by atoms with van der Waals surface area (Å²) < 4.78 is 5.21. The Hall–Kier alpha value is -1.97. The number of nitrogens with zero attached hydrogens (tertiary/aromatic N) is 2. The second-order valence-electron chi connectivity index (χ2n) is 4.72. The molecule has 4 heteroatoms. The number of carbonyl (C=O) groups is 1. The van der Waals surface area contributed by atoms with Crippen LogP contribution in [0.2, 0.25) is 0 Å². The molecule has 0 N–H and O–H groups in total. The number of hydrogen-bond donors (Lipinski definition) is 0. The van der Waals surface area contributed by atoms with Crippen molar-refractivity contribution in [2.45, 2.75) is 39.5 Å². The molecule has 0 bridgehead atoms. The first kappa shape index (κ1) is 13.5. The van der Waals surface area contributed by atoms with Crippen LogP contribution < -0.4 is 0 Å². The van der Waals surface area contributed by atoms with E-state index < -0.39 is 0 Å². The minimum atomic E-state index is -0.280. The molecular formula is C15H18N2O2. The second kappa shape index (κ2) is 5.78. The van der Waals surface area contributed by atoms with Crippen molar-refractivity contribution in [1.29, 1.82) is 0 Å². The third kappa shape index (κ3) is 3.08. The smallest absolute Gasteiger partial charge is 0.237 e. The molecule has 0 fully saturated rings. The number of carbonyl (C=O) groups excluding carboxylic acids is 1. The molecule has 4 nitrogen and oxygen atoms in total. The Morgan fingerprint density at radius 2 is 2.11 bits per heavy atom. The van der Waals surface area contributed by atoms with Crippen molar-refractivity contribution < 1.29 is 9.32 Å². The van der Waals surface area contributed by atoms with E-state index in [4.69, 9.17) is 4.52 Å². The van der Waals surface area contributed by atoms with Gasteiger partial charge in [-0.05, 0) is 31.4 Å². The highest BCUT2D eigenvalue weighted by atomic mass is 16.5. The van der Waals surface area contributed by atoms with E-state index in [2.05, 4.69) is 23.1 Å². The summed E-state index contributed by atoms with van der Waals surface area (Å²) in [6.45, 7) is 5.55. The van der Waals surface area contributed by atoms with Crippen LogP contribution in [-0.4, -0.2) is 15.9 Å². The molecule has 1 heterocycles. The first-order valence-corrected chi connectivity index (χ1v) is 6.49. The molecule has 0 amide bonds. The van der Waals surface area contributed by atoms with Crippen molar-refractivity contribution in [3.05, 3.63) is 47.1 Å². The van der Waals surface area contributed by atoms with Gasteiger partial charge in [-0.2, -0.15) is 4.98 Å². The molecular weight excluding hydrogens is 240 g/mol. The maximum absolute atomic E-state index is 11.5. The normalized spacial score (nSPS) is 12.4. The first-order chi connectivity index (χ1) is 9.11. The van der Waals surface area contributed by atoms with Gasteiger partial charge in [-0.1, -0.05) is 36.3 Å². The van der Waals surface area contributed by atoms with Crippen LogP contribution in [0.15, 0.2) is 28.8 Å². The van der Waals surface area contributed by atoms with Crippen molar-refractivity contribution >= 4 is 5.78 Å². The van der Waals surface area contributed by atoms with Gasteiger partial charge in [-0.3, -0.25) is 4.79 Å². The molecule has 2 rings (SSSR count). The van der Waals surface area contributed by atoms with Gasteiger partial charge in [0.1, 0.15) is 5.78 Å². The Morgan fingerprint density at radius 1 is 1.37 bits per heavy atom. The lowest BCUT2D eigenvalue weighted by Crippen LogP contribution is -2.08. The summed E-state index contributed by atoms with van der Waals surface area (Å²) in [6, 6.07) is 8.10. The zero-order valence-electron chi connectivity index (χ0n) is 11.5. The highest BCUT2D eigenvalue weighted by Gasteiger charge is 2.21. The lowest BCUT2D eigenvalue weighted by atomic mass is 10.0. The van der Waals surface area contributed by atoms with E-state index in [1.807, 2.05) is 25.1 Å². The van der Waals surface area contributed by atoms with Crippen molar-refractivity contribution in [3.8, 4) is 0 Å². The van der Waals surface area contributed by atoms with E-state index in [0.717, 1.165) is 0 Å². The molecule has 0 aliphatic rings. The molecule has 1 aromatic carbocycles. The molecule has 0 aliphatic heterocycles. The standard InChI is InChI=1S/C15H18N2O2/c1-4-13(11(3)18)15-16-14(17-19-15)9-12-8-6-5-7-10(12)2/h5-8,13H,4,9H2,1-3H3. The van der Waals surface area contributed by atoms with Gasteiger partial charge < -0.3 is 4.52 Å². The molecule has 19 heavy (non-hydrogen) atoms. The van der Waals surface area contributed by atoms with Crippen LogP contribution in [0.25, 0.3) is 0 Å². The summed E-state index contributed by atoms with van der Waals surface area (Å²) in [5, 5.41) is 3.97. The number of aryl methyl sites for hydroxylation is 1. The Labute approximate surface area is 112 Å². The van der Waals surface area contributed by atoms with E-state index in [1.54, 1.807) is 6.92 Å². The second-order valence-corrected chi connectivity index (χ2v) is 4.72. The summed E-state index contributed by atoms with van der Waals surface area (Å²) in [6.07, 6.45) is 1.31. The van der Waals surface area contributed by atoms with Crippen LogP contribution in [0, 0.1) is 6.92 Å². The van der Waals surface area contributed by atoms with Crippen LogP contribution >= 0.6 is 0 Å². The highest BCUT2D eigenvalue weighted by molar-refractivity contribution is 5.82. The largest absolute Gasteiger partial charge is 0.339 e. The topological polar surface area (TPSA) is 56.0 Å². The van der Waals surface area contributed by atoms with Crippen LogP contribution in [-0.2, 0) is 11.2 Å². The zero-order valence-corrected chi connectivity index (χ0v) is 11.5. The predicted octanol–water partition coefficient (Wildman–Crippen LogP) is 3.05. The number of aromatic nitrogens is 2. The van der Waals surface area contributed by atoms with E-state index >= 15 is 0 Å². The van der Waals surface area contributed by atoms with Gasteiger partial charge in [0.05, 0.1) is 5.92 Å². The number of Topliss-reactive ketones (excluding diaryl/α,β-unsaturated/α-hetero) is 1. The third-order valence-electron chi connectivity index (χ3n) is 3.29. The van der Waals surface area contributed by atoms with Gasteiger partial charge in [0.25, 0.3) is 0 Å². The van der Waals surface area contributed by atoms with Gasteiger partial charge in [-0.25, -0.2) is 0 Å². The van der Waals surface area contributed by atoms with Crippen LogP contribution in [0.4, 0.5) is 0 Å². The molecule has 100 valence electrons. The van der Waals surface area contributed by atoms with Gasteiger partial charge in [-0.15, -0.1) is 0 Å². The fraction of sp³-hybridized carbons (Fsp3) is 0.400. The van der Waals surface area contributed by atoms with Gasteiger partial charge in [0.15, 0.2) is 5.82 Å². The number of ketones is 1. The van der Waals surface area contributed by atoms with Crippen molar-refractivity contribution in [3.63, 3.8) is 0 Å². The molecule has 0 aliphatic carbocycles. The summed E-state index contributed by atoms with van der Waals surface area (Å²) >= 11 is 0. The van der Waals surface area contributed by atoms with E-state index in [-0.39, 0.29) is 11.7 Å². The van der Waals surface area contributed by atoms with Crippen molar-refractivity contribution in [2.75, 3.05) is 0 Å². The van der Waals surface area contributed by atoms with E-state index in [1.165, 1.54) is 11.1 Å². The third-order valence-corrected chi connectivity index (χ3v) is 3.29. The SMILES string of the molecule is CCC(C(C)=O)c1nc(Cc2ccccc2C)no1. The van der Waals surface area contributed by atoms with Gasteiger partial charge in [0, 0.05) is 6.42 Å². The van der Waals surface area contributed by atoms with Gasteiger partial charge >= 0.3 is 0 Å². The average molecular weight is 258 g/mol. The maximum Gasteiger partial charge on any atom is 0.237 e.